The highest BCUT2D eigenvalue weighted by Crippen LogP contribution is 2.26. The highest BCUT2D eigenvalue weighted by Gasteiger charge is 2.25. The summed E-state index contributed by atoms with van der Waals surface area (Å²) in [6.45, 7) is 3.52. The maximum absolute atomic E-state index is 5.60. The Morgan fingerprint density at radius 2 is 2.38 bits per heavy atom. The van der Waals surface area contributed by atoms with Gasteiger partial charge in [0.25, 0.3) is 0 Å². The molecule has 88 valence electrons. The number of nitrogens with one attached hydrogen (secondary N) is 1. The molecule has 0 saturated carbocycles. The first-order valence-corrected chi connectivity index (χ1v) is 5.63. The van der Waals surface area contributed by atoms with Crippen molar-refractivity contribution in [2.45, 2.75) is 25.8 Å². The summed E-state index contributed by atoms with van der Waals surface area (Å²) in [7, 11) is 0. The lowest BCUT2D eigenvalue weighted by Gasteiger charge is -2.29. The van der Waals surface area contributed by atoms with Crippen LogP contribution in [0.3, 0.4) is 0 Å². The molecule has 5 nitrogen and oxygen atoms in total. The standard InChI is InChI=1S/C11H18N4O/c1-8-5-14-10(6-13-8)11(15-12)9-3-2-4-16-7-9/h5-6,9,11,15H,2-4,7,12H2,1H3. The molecule has 3 N–H and O–H groups in total. The highest BCUT2D eigenvalue weighted by molar-refractivity contribution is 5.07. The van der Waals surface area contributed by atoms with E-state index in [1.165, 1.54) is 0 Å². The van der Waals surface area contributed by atoms with Gasteiger partial charge in [0.15, 0.2) is 0 Å². The van der Waals surface area contributed by atoms with Crippen molar-refractivity contribution in [2.75, 3.05) is 13.2 Å². The van der Waals surface area contributed by atoms with E-state index in [9.17, 15) is 0 Å². The van der Waals surface area contributed by atoms with Crippen LogP contribution in [-0.4, -0.2) is 23.2 Å². The van der Waals surface area contributed by atoms with Crippen molar-refractivity contribution in [1.82, 2.24) is 15.4 Å². The normalized spacial score (nSPS) is 23.0. The Balaban J connectivity index is 2.11. The molecule has 2 unspecified atom stereocenters. The number of ether oxygens (including phenoxy) is 1. The molecule has 1 aliphatic heterocycles. The summed E-state index contributed by atoms with van der Waals surface area (Å²) < 4.78 is 5.47. The van der Waals surface area contributed by atoms with Crippen LogP contribution < -0.4 is 11.3 Å². The molecule has 1 fully saturated rings. The molecule has 1 saturated heterocycles. The Morgan fingerprint density at radius 1 is 1.50 bits per heavy atom. The lowest BCUT2D eigenvalue weighted by atomic mass is 9.92. The van der Waals surface area contributed by atoms with E-state index in [1.807, 2.05) is 6.92 Å². The number of rotatable bonds is 3. The molecule has 5 heteroatoms. The Hall–Kier alpha value is -1.04. The molecule has 0 radical (unpaired) electrons. The number of aromatic nitrogens is 2. The number of nitrogens with two attached hydrogens (primary N) is 1. The highest BCUT2D eigenvalue weighted by atomic mass is 16.5. The van der Waals surface area contributed by atoms with E-state index in [4.69, 9.17) is 10.6 Å². The molecule has 2 rings (SSSR count). The third-order valence-corrected chi connectivity index (χ3v) is 2.97. The maximum atomic E-state index is 5.60. The third-order valence-electron chi connectivity index (χ3n) is 2.97. The van der Waals surface area contributed by atoms with Crippen LogP contribution in [0.4, 0.5) is 0 Å². The Kier molecular flexibility index (Phi) is 3.82. The van der Waals surface area contributed by atoms with Gasteiger partial charge < -0.3 is 4.74 Å². The van der Waals surface area contributed by atoms with Gasteiger partial charge in [-0.2, -0.15) is 0 Å². The second kappa shape index (κ2) is 5.34. The van der Waals surface area contributed by atoms with Crippen LogP contribution in [-0.2, 0) is 4.74 Å². The second-order valence-corrected chi connectivity index (χ2v) is 4.20. The minimum absolute atomic E-state index is 0.0356. The summed E-state index contributed by atoms with van der Waals surface area (Å²) in [5, 5.41) is 0. The van der Waals surface area contributed by atoms with Gasteiger partial charge in [0.1, 0.15) is 0 Å². The van der Waals surface area contributed by atoms with Gasteiger partial charge >= 0.3 is 0 Å². The monoisotopic (exact) mass is 222 g/mol. The van der Waals surface area contributed by atoms with E-state index in [1.54, 1.807) is 12.4 Å². The fourth-order valence-corrected chi connectivity index (χ4v) is 2.05. The van der Waals surface area contributed by atoms with Gasteiger partial charge in [-0.15, -0.1) is 0 Å². The average Bonchev–Trinajstić information content (AvgIpc) is 2.34. The Bertz CT molecular complexity index is 321. The van der Waals surface area contributed by atoms with Crippen LogP contribution in [0.2, 0.25) is 0 Å². The van der Waals surface area contributed by atoms with Crippen molar-refractivity contribution in [3.8, 4) is 0 Å². The maximum Gasteiger partial charge on any atom is 0.0773 e. The molecule has 1 aromatic rings. The quantitative estimate of drug-likeness (QED) is 0.582. The summed E-state index contributed by atoms with van der Waals surface area (Å²) in [5.74, 6) is 5.99. The number of aryl methyl sites for hydroxylation is 1. The van der Waals surface area contributed by atoms with E-state index in [-0.39, 0.29) is 6.04 Å². The van der Waals surface area contributed by atoms with Crippen LogP contribution in [0.25, 0.3) is 0 Å². The zero-order valence-corrected chi connectivity index (χ0v) is 9.52. The molecule has 16 heavy (non-hydrogen) atoms. The molecule has 1 aliphatic rings. The second-order valence-electron chi connectivity index (χ2n) is 4.20. The van der Waals surface area contributed by atoms with Crippen molar-refractivity contribution in [3.05, 3.63) is 23.8 Å². The van der Waals surface area contributed by atoms with E-state index in [2.05, 4.69) is 15.4 Å². The average molecular weight is 222 g/mol. The first-order valence-electron chi connectivity index (χ1n) is 5.63. The topological polar surface area (TPSA) is 73.1 Å². The number of nitrogens with zero attached hydrogens (tertiary/aromatic N) is 2. The molecule has 0 bridgehead atoms. The predicted octanol–water partition coefficient (Wildman–Crippen LogP) is 0.716. The molecular weight excluding hydrogens is 204 g/mol. The largest absolute Gasteiger partial charge is 0.381 e. The van der Waals surface area contributed by atoms with E-state index >= 15 is 0 Å². The summed E-state index contributed by atoms with van der Waals surface area (Å²) in [6.07, 6.45) is 5.75. The summed E-state index contributed by atoms with van der Waals surface area (Å²) in [5.41, 5.74) is 4.63. The summed E-state index contributed by atoms with van der Waals surface area (Å²) in [6, 6.07) is 0.0356. The molecule has 2 heterocycles. The van der Waals surface area contributed by atoms with Gasteiger partial charge in [-0.1, -0.05) is 0 Å². The van der Waals surface area contributed by atoms with E-state index in [0.717, 1.165) is 37.4 Å². The molecule has 0 spiro atoms. The number of hydrazine groups is 1. The molecule has 1 aromatic heterocycles. The predicted molar refractivity (Wildman–Crippen MR) is 60.4 cm³/mol. The molecule has 0 aliphatic carbocycles. The first kappa shape index (κ1) is 11.4. The van der Waals surface area contributed by atoms with Gasteiger partial charge in [-0.05, 0) is 19.8 Å². The zero-order valence-electron chi connectivity index (χ0n) is 9.52. The van der Waals surface area contributed by atoms with Gasteiger partial charge in [-0.25, -0.2) is 0 Å². The lowest BCUT2D eigenvalue weighted by Crippen LogP contribution is -2.37. The van der Waals surface area contributed by atoms with Crippen LogP contribution >= 0.6 is 0 Å². The zero-order chi connectivity index (χ0) is 11.4. The van der Waals surface area contributed by atoms with Gasteiger partial charge in [0, 0.05) is 18.7 Å². The third kappa shape index (κ3) is 2.55. The van der Waals surface area contributed by atoms with Crippen molar-refractivity contribution >= 4 is 0 Å². The van der Waals surface area contributed by atoms with E-state index < -0.39 is 0 Å². The fourth-order valence-electron chi connectivity index (χ4n) is 2.05. The molecule has 0 aromatic carbocycles. The minimum Gasteiger partial charge on any atom is -0.381 e. The van der Waals surface area contributed by atoms with Crippen LogP contribution in [0.5, 0.6) is 0 Å². The van der Waals surface area contributed by atoms with Crippen molar-refractivity contribution < 1.29 is 4.74 Å². The minimum atomic E-state index is 0.0356. The Labute approximate surface area is 95.4 Å². The fraction of sp³-hybridized carbons (Fsp3) is 0.636. The number of hydrogen-bond donors (Lipinski definition) is 2. The van der Waals surface area contributed by atoms with Crippen LogP contribution in [0.15, 0.2) is 12.4 Å². The van der Waals surface area contributed by atoms with Gasteiger partial charge in [0.05, 0.1) is 30.2 Å². The van der Waals surface area contributed by atoms with Crippen LogP contribution in [0.1, 0.15) is 30.3 Å². The molecular formula is C11H18N4O. The SMILES string of the molecule is Cc1cnc(C(NN)C2CCCOC2)cn1. The molecule has 0 amide bonds. The summed E-state index contributed by atoms with van der Waals surface area (Å²) in [4.78, 5) is 8.61. The van der Waals surface area contributed by atoms with Gasteiger partial charge in [0.2, 0.25) is 0 Å². The Morgan fingerprint density at radius 3 is 2.94 bits per heavy atom. The lowest BCUT2D eigenvalue weighted by molar-refractivity contribution is 0.0383. The van der Waals surface area contributed by atoms with Crippen molar-refractivity contribution in [2.24, 2.45) is 11.8 Å². The first-order chi connectivity index (χ1) is 7.81. The number of hydrogen-bond acceptors (Lipinski definition) is 5. The van der Waals surface area contributed by atoms with Crippen molar-refractivity contribution in [3.63, 3.8) is 0 Å². The molecule has 2 atom stereocenters. The van der Waals surface area contributed by atoms with Crippen LogP contribution in [0, 0.1) is 12.8 Å². The van der Waals surface area contributed by atoms with Gasteiger partial charge in [-0.3, -0.25) is 21.2 Å². The van der Waals surface area contributed by atoms with E-state index in [0.29, 0.717) is 5.92 Å². The summed E-state index contributed by atoms with van der Waals surface area (Å²) >= 11 is 0. The van der Waals surface area contributed by atoms with Crippen molar-refractivity contribution in [1.29, 1.82) is 0 Å². The smallest absolute Gasteiger partial charge is 0.0773 e.